The normalized spacial score (nSPS) is 30.2. The van der Waals surface area contributed by atoms with Crippen molar-refractivity contribution < 1.29 is 4.79 Å². The first-order valence-electron chi connectivity index (χ1n) is 11.6. The Kier molecular flexibility index (Phi) is 6.25. The Labute approximate surface area is 193 Å². The van der Waals surface area contributed by atoms with Crippen LogP contribution in [0, 0.1) is 23.2 Å². The summed E-state index contributed by atoms with van der Waals surface area (Å²) in [5.74, 6) is 1.98. The molecule has 0 aromatic carbocycles. The van der Waals surface area contributed by atoms with E-state index in [-0.39, 0.29) is 18.0 Å². The molecule has 8 heteroatoms. The lowest BCUT2D eigenvalue weighted by molar-refractivity contribution is -0.134. The van der Waals surface area contributed by atoms with Crippen molar-refractivity contribution >= 4 is 27.5 Å². The van der Waals surface area contributed by atoms with E-state index in [9.17, 15) is 9.59 Å². The summed E-state index contributed by atoms with van der Waals surface area (Å²) in [6.07, 6.45) is 4.13. The van der Waals surface area contributed by atoms with Gasteiger partial charge in [0.15, 0.2) is 0 Å². The van der Waals surface area contributed by atoms with Crippen LogP contribution in [0.25, 0.3) is 0 Å². The van der Waals surface area contributed by atoms with Gasteiger partial charge in [0.05, 0.1) is 11.9 Å². The van der Waals surface area contributed by atoms with Crippen molar-refractivity contribution in [2.24, 2.45) is 23.2 Å². The molecule has 5 rings (SSSR count). The van der Waals surface area contributed by atoms with Gasteiger partial charge in [-0.05, 0) is 65.8 Å². The highest BCUT2D eigenvalue weighted by molar-refractivity contribution is 9.10. The summed E-state index contributed by atoms with van der Waals surface area (Å²) in [4.78, 5) is 29.8. The number of anilines is 1. The number of carbonyl (C=O) groups is 1. The number of nitrogens with zero attached hydrogens (tertiary/aromatic N) is 4. The van der Waals surface area contributed by atoms with E-state index < -0.39 is 0 Å². The third kappa shape index (κ3) is 4.17. The number of hydrogen-bond acceptors (Lipinski definition) is 5. The first-order chi connectivity index (χ1) is 14.6. The van der Waals surface area contributed by atoms with Crippen LogP contribution in [-0.2, 0) is 11.3 Å². The number of hydrogen-bond donors (Lipinski definition) is 1. The van der Waals surface area contributed by atoms with Crippen LogP contribution in [0.1, 0.15) is 47.5 Å². The number of halogens is 1. The van der Waals surface area contributed by atoms with Gasteiger partial charge in [-0.2, -0.15) is 5.10 Å². The maximum Gasteiger partial charge on any atom is 0.283 e. The van der Waals surface area contributed by atoms with Crippen molar-refractivity contribution in [2.45, 2.75) is 66.1 Å². The number of amides is 1. The van der Waals surface area contributed by atoms with Crippen molar-refractivity contribution in [1.82, 2.24) is 19.6 Å². The van der Waals surface area contributed by atoms with Gasteiger partial charge >= 0.3 is 0 Å². The molecule has 4 fully saturated rings. The van der Waals surface area contributed by atoms with Crippen LogP contribution >= 0.6 is 15.9 Å². The van der Waals surface area contributed by atoms with E-state index in [1.165, 1.54) is 11.1 Å². The second-order valence-electron chi connectivity index (χ2n) is 10.6. The molecule has 3 saturated carbocycles. The predicted octanol–water partition coefficient (Wildman–Crippen LogP) is 3.04. The molecule has 0 spiro atoms. The highest BCUT2D eigenvalue weighted by atomic mass is 79.9. The first kappa shape index (κ1) is 22.8. The zero-order valence-electron chi connectivity index (χ0n) is 19.4. The van der Waals surface area contributed by atoms with Crippen LogP contribution in [0.15, 0.2) is 15.5 Å². The van der Waals surface area contributed by atoms with Crippen LogP contribution < -0.4 is 10.9 Å². The maximum absolute atomic E-state index is 12.9. The van der Waals surface area contributed by atoms with Crippen molar-refractivity contribution in [3.05, 3.63) is 21.0 Å². The van der Waals surface area contributed by atoms with Crippen LogP contribution in [0.3, 0.4) is 0 Å². The molecule has 1 aromatic rings. The smallest absolute Gasteiger partial charge is 0.283 e. The highest BCUT2D eigenvalue weighted by Crippen LogP contribution is 2.61. The lowest BCUT2D eigenvalue weighted by atomic mass is 9.45. The molecule has 0 unspecified atom stereocenters. The van der Waals surface area contributed by atoms with Gasteiger partial charge in [-0.25, -0.2) is 4.68 Å². The summed E-state index contributed by atoms with van der Waals surface area (Å²) in [5, 5.41) is 7.89. The predicted molar refractivity (Wildman–Crippen MR) is 126 cm³/mol. The molecule has 3 aliphatic carbocycles. The third-order valence-corrected chi connectivity index (χ3v) is 9.13. The van der Waals surface area contributed by atoms with E-state index in [4.69, 9.17) is 0 Å². The van der Waals surface area contributed by atoms with Crippen molar-refractivity contribution in [3.63, 3.8) is 0 Å². The molecule has 0 radical (unpaired) electrons. The van der Waals surface area contributed by atoms with E-state index in [0.717, 1.165) is 37.0 Å². The summed E-state index contributed by atoms with van der Waals surface area (Å²) in [7, 11) is 0. The molecular weight excluding hydrogens is 458 g/mol. The number of aromatic nitrogens is 2. The average molecular weight is 494 g/mol. The Morgan fingerprint density at radius 1 is 1.26 bits per heavy atom. The van der Waals surface area contributed by atoms with Gasteiger partial charge in [-0.1, -0.05) is 20.8 Å². The van der Waals surface area contributed by atoms with Crippen molar-refractivity contribution in [2.75, 3.05) is 31.5 Å². The Balaban J connectivity index is 1.39. The van der Waals surface area contributed by atoms with E-state index in [0.29, 0.717) is 41.0 Å². The Bertz CT molecular complexity index is 890. The van der Waals surface area contributed by atoms with Crippen LogP contribution in [0.2, 0.25) is 0 Å². The SMILES string of the molecule is CC(C)N1CCN(C(=O)Cn2ncc(N[C@@H]3C[C@H]4C[C@@H]([C@H]3C)C4(C)C)c(Br)c2=O)CC1. The molecule has 4 atom stereocenters. The van der Waals surface area contributed by atoms with Gasteiger partial charge in [-0.3, -0.25) is 14.5 Å². The summed E-state index contributed by atoms with van der Waals surface area (Å²) in [6, 6.07) is 0.838. The van der Waals surface area contributed by atoms with Crippen molar-refractivity contribution in [3.8, 4) is 0 Å². The minimum atomic E-state index is -0.256. The van der Waals surface area contributed by atoms with Gasteiger partial charge in [0.2, 0.25) is 5.91 Å². The number of carbonyl (C=O) groups excluding carboxylic acids is 1. The molecule has 4 aliphatic rings. The monoisotopic (exact) mass is 493 g/mol. The largest absolute Gasteiger partial charge is 0.380 e. The van der Waals surface area contributed by atoms with Gasteiger partial charge in [0, 0.05) is 38.3 Å². The van der Waals surface area contributed by atoms with Crippen LogP contribution in [-0.4, -0.2) is 63.8 Å². The summed E-state index contributed by atoms with van der Waals surface area (Å²) >= 11 is 3.47. The molecule has 1 N–H and O–H groups in total. The molecule has 1 aromatic heterocycles. The van der Waals surface area contributed by atoms with Crippen LogP contribution in [0.4, 0.5) is 5.69 Å². The lowest BCUT2D eigenvalue weighted by Crippen LogP contribution is -2.58. The summed E-state index contributed by atoms with van der Waals surface area (Å²) in [5.41, 5.74) is 0.903. The number of fused-ring (bicyclic) bond motifs is 2. The second-order valence-corrected chi connectivity index (χ2v) is 11.3. The van der Waals surface area contributed by atoms with Gasteiger partial charge in [-0.15, -0.1) is 0 Å². The Hall–Kier alpha value is -1.41. The minimum Gasteiger partial charge on any atom is -0.380 e. The maximum atomic E-state index is 12.9. The van der Waals surface area contributed by atoms with Gasteiger partial charge < -0.3 is 10.2 Å². The number of nitrogens with one attached hydrogen (secondary N) is 1. The zero-order chi connectivity index (χ0) is 22.5. The standard InChI is InChI=1S/C23H36BrN5O2/c1-14(2)27-6-8-28(9-7-27)20(30)13-29-22(31)21(24)19(12-25-29)26-18-11-16-10-17(15(18)3)23(16,4)5/h12,14-18,26H,6-11,13H2,1-5H3/t15-,16-,17+,18-/m1/s1. The average Bonchev–Trinajstić information content (AvgIpc) is 2.74. The van der Waals surface area contributed by atoms with Gasteiger partial charge in [0.25, 0.3) is 5.56 Å². The topological polar surface area (TPSA) is 70.5 Å². The van der Waals surface area contributed by atoms with E-state index in [1.54, 1.807) is 6.20 Å². The molecule has 7 nitrogen and oxygen atoms in total. The lowest BCUT2D eigenvalue weighted by Gasteiger charge is -2.62. The molecule has 31 heavy (non-hydrogen) atoms. The van der Waals surface area contributed by atoms with Crippen LogP contribution in [0.5, 0.6) is 0 Å². The quantitative estimate of drug-likeness (QED) is 0.682. The van der Waals surface area contributed by atoms with Gasteiger partial charge in [0.1, 0.15) is 11.0 Å². The minimum absolute atomic E-state index is 0.0163. The molecule has 2 heterocycles. The highest BCUT2D eigenvalue weighted by Gasteiger charge is 2.56. The molecule has 1 saturated heterocycles. The molecule has 172 valence electrons. The molecule has 2 bridgehead atoms. The Morgan fingerprint density at radius 2 is 1.94 bits per heavy atom. The van der Waals surface area contributed by atoms with E-state index >= 15 is 0 Å². The van der Waals surface area contributed by atoms with E-state index in [2.05, 4.69) is 65.9 Å². The fourth-order valence-electron chi connectivity index (χ4n) is 5.93. The Morgan fingerprint density at radius 3 is 2.52 bits per heavy atom. The van der Waals surface area contributed by atoms with Crippen molar-refractivity contribution in [1.29, 1.82) is 0 Å². The zero-order valence-corrected chi connectivity index (χ0v) is 21.0. The second kappa shape index (κ2) is 8.50. The molecule has 1 aliphatic heterocycles. The fraction of sp³-hybridized carbons (Fsp3) is 0.783. The van der Waals surface area contributed by atoms with E-state index in [1.807, 2.05) is 4.90 Å². The summed E-state index contributed by atoms with van der Waals surface area (Å²) < 4.78 is 1.74. The molecule has 1 amide bonds. The number of piperazine rings is 1. The first-order valence-corrected chi connectivity index (χ1v) is 12.4. The molecular formula is C23H36BrN5O2. The number of rotatable bonds is 5. The summed E-state index contributed by atoms with van der Waals surface area (Å²) in [6.45, 7) is 14.6. The third-order valence-electron chi connectivity index (χ3n) is 8.36. The fourth-order valence-corrected chi connectivity index (χ4v) is 6.36.